The van der Waals surface area contributed by atoms with Gasteiger partial charge in [-0.1, -0.05) is 46.6 Å². The van der Waals surface area contributed by atoms with Gasteiger partial charge in [-0.3, -0.25) is 0 Å². The quantitative estimate of drug-likeness (QED) is 0.886. The number of hydrogen-bond donors (Lipinski definition) is 1. The van der Waals surface area contributed by atoms with Gasteiger partial charge in [0, 0.05) is 9.89 Å². The molecule has 2 heteroatoms. The Hall–Kier alpha value is -0.860. The normalized spacial score (nSPS) is 18.0. The largest absolute Gasteiger partial charge is 0.395 e. The molecular formula is C15H15BrO. The molecule has 1 aliphatic carbocycles. The van der Waals surface area contributed by atoms with Gasteiger partial charge in [0.15, 0.2) is 0 Å². The maximum absolute atomic E-state index is 9.69. The standard InChI is InChI=1S/C15H15BrO/c16-12-5-6-13-11(9-12)3-1-4-14(13)15(10-17)7-2-8-15/h1,3-6,9,17H,2,7-8,10H2. The van der Waals surface area contributed by atoms with Crippen LogP contribution >= 0.6 is 15.9 Å². The number of benzene rings is 2. The molecule has 0 aliphatic heterocycles. The van der Waals surface area contributed by atoms with E-state index in [4.69, 9.17) is 0 Å². The Bertz CT molecular complexity index is 552. The Balaban J connectivity index is 2.23. The second-order valence-electron chi connectivity index (χ2n) is 4.96. The van der Waals surface area contributed by atoms with Crippen molar-refractivity contribution in [1.29, 1.82) is 0 Å². The molecule has 1 saturated carbocycles. The highest BCUT2D eigenvalue weighted by Gasteiger charge is 2.38. The van der Waals surface area contributed by atoms with Crippen molar-refractivity contribution in [2.75, 3.05) is 6.61 Å². The number of fused-ring (bicyclic) bond motifs is 1. The van der Waals surface area contributed by atoms with Crippen LogP contribution in [0.4, 0.5) is 0 Å². The molecule has 3 rings (SSSR count). The lowest BCUT2D eigenvalue weighted by Crippen LogP contribution is -2.38. The highest BCUT2D eigenvalue weighted by atomic mass is 79.9. The van der Waals surface area contributed by atoms with E-state index in [1.54, 1.807) is 0 Å². The molecule has 1 N–H and O–H groups in total. The Morgan fingerprint density at radius 2 is 2.00 bits per heavy atom. The molecule has 0 saturated heterocycles. The summed E-state index contributed by atoms with van der Waals surface area (Å²) in [7, 11) is 0. The molecule has 0 spiro atoms. The van der Waals surface area contributed by atoms with Crippen molar-refractivity contribution in [3.63, 3.8) is 0 Å². The van der Waals surface area contributed by atoms with E-state index in [9.17, 15) is 5.11 Å². The third-order valence-corrected chi connectivity index (χ3v) is 4.52. The first-order chi connectivity index (χ1) is 8.25. The summed E-state index contributed by atoms with van der Waals surface area (Å²) < 4.78 is 1.11. The van der Waals surface area contributed by atoms with Crippen molar-refractivity contribution in [2.45, 2.75) is 24.7 Å². The minimum Gasteiger partial charge on any atom is -0.395 e. The van der Waals surface area contributed by atoms with E-state index >= 15 is 0 Å². The first-order valence-electron chi connectivity index (χ1n) is 6.05. The highest BCUT2D eigenvalue weighted by molar-refractivity contribution is 9.10. The first kappa shape index (κ1) is 11.2. The van der Waals surface area contributed by atoms with E-state index in [0.717, 1.165) is 17.3 Å². The number of hydrogen-bond acceptors (Lipinski definition) is 1. The number of halogens is 1. The van der Waals surface area contributed by atoms with E-state index < -0.39 is 0 Å². The van der Waals surface area contributed by atoms with E-state index in [2.05, 4.69) is 52.3 Å². The average Bonchev–Trinajstić information content (AvgIpc) is 2.28. The van der Waals surface area contributed by atoms with Crippen LogP contribution < -0.4 is 0 Å². The predicted molar refractivity (Wildman–Crippen MR) is 74.3 cm³/mol. The molecule has 0 amide bonds. The summed E-state index contributed by atoms with van der Waals surface area (Å²) in [6, 6.07) is 12.8. The zero-order valence-electron chi connectivity index (χ0n) is 9.62. The van der Waals surface area contributed by atoms with Crippen LogP contribution in [0.5, 0.6) is 0 Å². The summed E-state index contributed by atoms with van der Waals surface area (Å²) in [6.45, 7) is 0.266. The molecule has 0 heterocycles. The van der Waals surface area contributed by atoms with E-state index in [1.165, 1.54) is 22.8 Å². The van der Waals surface area contributed by atoms with Gasteiger partial charge >= 0.3 is 0 Å². The fraction of sp³-hybridized carbons (Fsp3) is 0.333. The lowest BCUT2D eigenvalue weighted by molar-refractivity contribution is 0.121. The highest BCUT2D eigenvalue weighted by Crippen LogP contribution is 2.45. The fourth-order valence-electron chi connectivity index (χ4n) is 2.83. The Morgan fingerprint density at radius 3 is 2.65 bits per heavy atom. The van der Waals surface area contributed by atoms with Gasteiger partial charge in [-0.25, -0.2) is 0 Å². The fourth-order valence-corrected chi connectivity index (χ4v) is 3.21. The number of rotatable bonds is 2. The van der Waals surface area contributed by atoms with Gasteiger partial charge in [-0.05, 0) is 41.3 Å². The van der Waals surface area contributed by atoms with Crippen molar-refractivity contribution < 1.29 is 5.11 Å². The maximum atomic E-state index is 9.69. The molecule has 0 unspecified atom stereocenters. The van der Waals surface area contributed by atoms with Gasteiger partial charge in [0.1, 0.15) is 0 Å². The van der Waals surface area contributed by atoms with Gasteiger partial charge in [0.25, 0.3) is 0 Å². The Kier molecular flexibility index (Phi) is 2.72. The summed E-state index contributed by atoms with van der Waals surface area (Å²) in [5.74, 6) is 0. The van der Waals surface area contributed by atoms with Crippen LogP contribution in [0.3, 0.4) is 0 Å². The van der Waals surface area contributed by atoms with Gasteiger partial charge in [-0.2, -0.15) is 0 Å². The van der Waals surface area contributed by atoms with Crippen LogP contribution in [0.1, 0.15) is 24.8 Å². The van der Waals surface area contributed by atoms with Crippen LogP contribution in [0, 0.1) is 0 Å². The molecular weight excluding hydrogens is 276 g/mol. The minimum absolute atomic E-state index is 0.0212. The second-order valence-corrected chi connectivity index (χ2v) is 5.88. The third-order valence-electron chi connectivity index (χ3n) is 4.03. The van der Waals surface area contributed by atoms with Crippen LogP contribution in [-0.2, 0) is 5.41 Å². The van der Waals surface area contributed by atoms with E-state index in [0.29, 0.717) is 0 Å². The molecule has 1 fully saturated rings. The lowest BCUT2D eigenvalue weighted by Gasteiger charge is -2.41. The SMILES string of the molecule is OCC1(c2cccc3cc(Br)ccc23)CCC1. The van der Waals surface area contributed by atoms with Gasteiger partial charge < -0.3 is 5.11 Å². The van der Waals surface area contributed by atoms with Crippen molar-refractivity contribution >= 4 is 26.7 Å². The number of aliphatic hydroxyl groups excluding tert-OH is 1. The Morgan fingerprint density at radius 1 is 1.18 bits per heavy atom. The summed E-state index contributed by atoms with van der Waals surface area (Å²) in [5, 5.41) is 12.2. The monoisotopic (exact) mass is 290 g/mol. The topological polar surface area (TPSA) is 20.2 Å². The number of aliphatic hydroxyl groups is 1. The van der Waals surface area contributed by atoms with Gasteiger partial charge in [-0.15, -0.1) is 0 Å². The summed E-state index contributed by atoms with van der Waals surface area (Å²) >= 11 is 3.51. The molecule has 88 valence electrons. The maximum Gasteiger partial charge on any atom is 0.0528 e. The smallest absolute Gasteiger partial charge is 0.0528 e. The molecule has 0 aromatic heterocycles. The Labute approximate surface area is 110 Å². The molecule has 1 aliphatic rings. The summed E-state index contributed by atoms with van der Waals surface area (Å²) in [5.41, 5.74) is 1.34. The predicted octanol–water partition coefficient (Wildman–Crippen LogP) is 4.02. The summed E-state index contributed by atoms with van der Waals surface area (Å²) in [6.07, 6.45) is 3.45. The second kappa shape index (κ2) is 4.11. The molecule has 0 atom stereocenters. The minimum atomic E-state index is 0.0212. The summed E-state index contributed by atoms with van der Waals surface area (Å²) in [4.78, 5) is 0. The lowest BCUT2D eigenvalue weighted by atomic mass is 9.64. The van der Waals surface area contributed by atoms with Crippen LogP contribution in [0.2, 0.25) is 0 Å². The molecule has 2 aromatic rings. The zero-order chi connectivity index (χ0) is 11.9. The van der Waals surface area contributed by atoms with Crippen molar-refractivity contribution in [2.24, 2.45) is 0 Å². The van der Waals surface area contributed by atoms with E-state index in [-0.39, 0.29) is 12.0 Å². The molecule has 0 bridgehead atoms. The third kappa shape index (κ3) is 1.71. The van der Waals surface area contributed by atoms with E-state index in [1.807, 2.05) is 0 Å². The van der Waals surface area contributed by atoms with Crippen LogP contribution in [-0.4, -0.2) is 11.7 Å². The molecule has 1 nitrogen and oxygen atoms in total. The van der Waals surface area contributed by atoms with Crippen molar-refractivity contribution in [1.82, 2.24) is 0 Å². The first-order valence-corrected chi connectivity index (χ1v) is 6.84. The van der Waals surface area contributed by atoms with Gasteiger partial charge in [0.05, 0.1) is 6.61 Å². The zero-order valence-corrected chi connectivity index (χ0v) is 11.2. The van der Waals surface area contributed by atoms with Crippen molar-refractivity contribution in [3.05, 3.63) is 46.4 Å². The molecule has 0 radical (unpaired) electrons. The van der Waals surface area contributed by atoms with Crippen LogP contribution in [0.15, 0.2) is 40.9 Å². The molecule has 17 heavy (non-hydrogen) atoms. The average molecular weight is 291 g/mol. The van der Waals surface area contributed by atoms with Crippen LogP contribution in [0.25, 0.3) is 10.8 Å². The van der Waals surface area contributed by atoms with Crippen molar-refractivity contribution in [3.8, 4) is 0 Å². The molecule has 2 aromatic carbocycles. The van der Waals surface area contributed by atoms with Gasteiger partial charge in [0.2, 0.25) is 0 Å².